The number of nitrogens with zero attached hydrogens (tertiary/aromatic N) is 1. The summed E-state index contributed by atoms with van der Waals surface area (Å²) >= 11 is 0. The second-order valence-corrected chi connectivity index (χ2v) is 5.34. The highest BCUT2D eigenvalue weighted by Crippen LogP contribution is 2.31. The summed E-state index contributed by atoms with van der Waals surface area (Å²) in [6, 6.07) is 1.01. The summed E-state index contributed by atoms with van der Waals surface area (Å²) in [5.41, 5.74) is 5.26. The molecule has 0 atom stereocenters. The number of carbonyl (C=O) groups excluding carboxylic acids is 1. The minimum atomic E-state index is -0.541. The molecule has 94 valence electrons. The van der Waals surface area contributed by atoms with Crippen molar-refractivity contribution in [3.05, 3.63) is 0 Å². The summed E-state index contributed by atoms with van der Waals surface area (Å²) in [4.78, 5) is 14.0. The number of nitrogens with one attached hydrogen (secondary N) is 1. The van der Waals surface area contributed by atoms with Gasteiger partial charge in [-0.3, -0.25) is 9.69 Å². The molecule has 1 amide bonds. The molecular weight excluding hydrogens is 202 g/mol. The third-order valence-corrected chi connectivity index (χ3v) is 3.22. The van der Waals surface area contributed by atoms with Crippen LogP contribution in [-0.4, -0.2) is 41.5 Å². The summed E-state index contributed by atoms with van der Waals surface area (Å²) in [6.07, 6.45) is 1.66. The molecule has 1 aliphatic carbocycles. The van der Waals surface area contributed by atoms with Crippen molar-refractivity contribution in [2.75, 3.05) is 13.1 Å². The van der Waals surface area contributed by atoms with Gasteiger partial charge in [-0.15, -0.1) is 0 Å². The lowest BCUT2D eigenvalue weighted by atomic mass is 10.2. The summed E-state index contributed by atoms with van der Waals surface area (Å²) in [5.74, 6) is 0.0139. The van der Waals surface area contributed by atoms with Gasteiger partial charge in [0, 0.05) is 25.2 Å². The van der Waals surface area contributed by atoms with Crippen LogP contribution in [0.4, 0.5) is 0 Å². The fraction of sp³-hybridized carbons (Fsp3) is 0.917. The van der Waals surface area contributed by atoms with E-state index in [-0.39, 0.29) is 5.91 Å². The van der Waals surface area contributed by atoms with Crippen molar-refractivity contribution in [1.29, 1.82) is 0 Å². The number of rotatable bonds is 6. The van der Waals surface area contributed by atoms with Gasteiger partial charge in [0.05, 0.1) is 5.54 Å². The van der Waals surface area contributed by atoms with E-state index >= 15 is 0 Å². The highest BCUT2D eigenvalue weighted by molar-refractivity contribution is 5.88. The van der Waals surface area contributed by atoms with Crippen LogP contribution in [0.5, 0.6) is 0 Å². The monoisotopic (exact) mass is 227 g/mol. The van der Waals surface area contributed by atoms with E-state index in [9.17, 15) is 4.79 Å². The number of amides is 1. The van der Waals surface area contributed by atoms with E-state index < -0.39 is 5.54 Å². The maximum Gasteiger partial charge on any atom is 0.240 e. The van der Waals surface area contributed by atoms with Crippen LogP contribution in [0.2, 0.25) is 0 Å². The van der Waals surface area contributed by atoms with Crippen molar-refractivity contribution in [2.24, 2.45) is 5.73 Å². The molecule has 3 N–H and O–H groups in total. The standard InChI is InChI=1S/C12H25N3O/c1-9(2)15(10(3)4)8-7-14-11(16)12(13)5-6-12/h9-10H,5-8,13H2,1-4H3,(H,14,16). The molecule has 0 aromatic carbocycles. The zero-order valence-electron chi connectivity index (χ0n) is 10.9. The van der Waals surface area contributed by atoms with Gasteiger partial charge in [0.15, 0.2) is 0 Å². The van der Waals surface area contributed by atoms with Gasteiger partial charge in [-0.05, 0) is 40.5 Å². The van der Waals surface area contributed by atoms with Crippen LogP contribution < -0.4 is 11.1 Å². The number of hydrogen-bond acceptors (Lipinski definition) is 3. The van der Waals surface area contributed by atoms with Gasteiger partial charge in [-0.1, -0.05) is 0 Å². The molecule has 0 heterocycles. The van der Waals surface area contributed by atoms with Crippen LogP contribution >= 0.6 is 0 Å². The van der Waals surface area contributed by atoms with Gasteiger partial charge >= 0.3 is 0 Å². The third-order valence-electron chi connectivity index (χ3n) is 3.22. The lowest BCUT2D eigenvalue weighted by molar-refractivity contribution is -0.123. The molecule has 1 fully saturated rings. The second-order valence-electron chi connectivity index (χ2n) is 5.34. The average molecular weight is 227 g/mol. The average Bonchev–Trinajstić information content (AvgIpc) is 2.90. The molecule has 4 heteroatoms. The third kappa shape index (κ3) is 3.46. The van der Waals surface area contributed by atoms with Gasteiger partial charge in [-0.25, -0.2) is 0 Å². The SMILES string of the molecule is CC(C)N(CCNC(=O)C1(N)CC1)C(C)C. The number of carbonyl (C=O) groups is 1. The van der Waals surface area contributed by atoms with E-state index in [0.717, 1.165) is 19.4 Å². The molecule has 0 spiro atoms. The van der Waals surface area contributed by atoms with Crippen molar-refractivity contribution < 1.29 is 4.79 Å². The molecule has 0 unspecified atom stereocenters. The summed E-state index contributed by atoms with van der Waals surface area (Å²) in [7, 11) is 0. The van der Waals surface area contributed by atoms with E-state index in [4.69, 9.17) is 5.73 Å². The van der Waals surface area contributed by atoms with Crippen molar-refractivity contribution in [3.63, 3.8) is 0 Å². The molecule has 1 rings (SSSR count). The lowest BCUT2D eigenvalue weighted by Gasteiger charge is -2.30. The Balaban J connectivity index is 2.25. The Morgan fingerprint density at radius 2 is 1.81 bits per heavy atom. The summed E-state index contributed by atoms with van der Waals surface area (Å²) < 4.78 is 0. The smallest absolute Gasteiger partial charge is 0.240 e. The van der Waals surface area contributed by atoms with Gasteiger partial charge in [0.2, 0.25) is 5.91 Å². The Kier molecular flexibility index (Phi) is 4.33. The molecule has 4 nitrogen and oxygen atoms in total. The highest BCUT2D eigenvalue weighted by atomic mass is 16.2. The fourth-order valence-corrected chi connectivity index (χ4v) is 1.95. The molecule has 16 heavy (non-hydrogen) atoms. The maximum atomic E-state index is 11.6. The topological polar surface area (TPSA) is 58.4 Å². The van der Waals surface area contributed by atoms with E-state index in [1.165, 1.54) is 0 Å². The first-order valence-electron chi connectivity index (χ1n) is 6.20. The normalized spacial score (nSPS) is 18.2. The molecular formula is C12H25N3O. The van der Waals surface area contributed by atoms with Crippen LogP contribution in [0.3, 0.4) is 0 Å². The molecule has 0 aromatic rings. The van der Waals surface area contributed by atoms with Crippen molar-refractivity contribution in [1.82, 2.24) is 10.2 Å². The summed E-state index contributed by atoms with van der Waals surface area (Å²) in [6.45, 7) is 10.3. The Morgan fingerprint density at radius 1 is 1.31 bits per heavy atom. The van der Waals surface area contributed by atoms with Crippen molar-refractivity contribution >= 4 is 5.91 Å². The quantitative estimate of drug-likeness (QED) is 0.703. The first-order valence-corrected chi connectivity index (χ1v) is 6.20. The van der Waals surface area contributed by atoms with E-state index in [1.54, 1.807) is 0 Å². The van der Waals surface area contributed by atoms with Gasteiger partial charge in [0.25, 0.3) is 0 Å². The lowest BCUT2D eigenvalue weighted by Crippen LogP contribution is -2.47. The molecule has 0 aromatic heterocycles. The minimum Gasteiger partial charge on any atom is -0.353 e. The van der Waals surface area contributed by atoms with Gasteiger partial charge in [-0.2, -0.15) is 0 Å². The Labute approximate surface area is 98.6 Å². The zero-order valence-corrected chi connectivity index (χ0v) is 10.9. The molecule has 0 saturated heterocycles. The van der Waals surface area contributed by atoms with Gasteiger partial charge < -0.3 is 11.1 Å². The first-order chi connectivity index (χ1) is 7.37. The Hall–Kier alpha value is -0.610. The van der Waals surface area contributed by atoms with Gasteiger partial charge in [0.1, 0.15) is 0 Å². The molecule has 1 saturated carbocycles. The van der Waals surface area contributed by atoms with E-state index in [1.807, 2.05) is 0 Å². The fourth-order valence-electron chi connectivity index (χ4n) is 1.95. The van der Waals surface area contributed by atoms with Crippen LogP contribution in [-0.2, 0) is 4.79 Å². The van der Waals surface area contributed by atoms with Crippen LogP contribution in [0.25, 0.3) is 0 Å². The predicted octanol–water partition coefficient (Wildman–Crippen LogP) is 0.713. The highest BCUT2D eigenvalue weighted by Gasteiger charge is 2.45. The number of nitrogens with two attached hydrogens (primary N) is 1. The Bertz CT molecular complexity index is 239. The zero-order chi connectivity index (χ0) is 12.3. The largest absolute Gasteiger partial charge is 0.353 e. The first kappa shape index (κ1) is 13.5. The minimum absolute atomic E-state index is 0.0139. The van der Waals surface area contributed by atoms with E-state index in [0.29, 0.717) is 18.6 Å². The molecule has 0 aliphatic heterocycles. The Morgan fingerprint density at radius 3 is 2.19 bits per heavy atom. The van der Waals surface area contributed by atoms with Crippen LogP contribution in [0.15, 0.2) is 0 Å². The maximum absolute atomic E-state index is 11.6. The van der Waals surface area contributed by atoms with E-state index in [2.05, 4.69) is 37.9 Å². The molecule has 0 bridgehead atoms. The molecule has 1 aliphatic rings. The predicted molar refractivity (Wildman–Crippen MR) is 66.1 cm³/mol. The van der Waals surface area contributed by atoms with Crippen molar-refractivity contribution in [3.8, 4) is 0 Å². The number of hydrogen-bond donors (Lipinski definition) is 2. The second kappa shape index (κ2) is 5.15. The van der Waals surface area contributed by atoms with Crippen LogP contribution in [0.1, 0.15) is 40.5 Å². The van der Waals surface area contributed by atoms with Crippen LogP contribution in [0, 0.1) is 0 Å². The molecule has 0 radical (unpaired) electrons. The van der Waals surface area contributed by atoms with Crippen molar-refractivity contribution in [2.45, 2.75) is 58.2 Å². The summed E-state index contributed by atoms with van der Waals surface area (Å²) in [5, 5.41) is 2.92.